The number of halogens is 1. The van der Waals surface area contributed by atoms with E-state index in [2.05, 4.69) is 10.1 Å². The van der Waals surface area contributed by atoms with Gasteiger partial charge in [-0.1, -0.05) is 28.9 Å². The van der Waals surface area contributed by atoms with E-state index in [-0.39, 0.29) is 10.8 Å². The molecule has 0 amide bonds. The summed E-state index contributed by atoms with van der Waals surface area (Å²) >= 11 is 5.90. The van der Waals surface area contributed by atoms with Crippen molar-refractivity contribution in [3.63, 3.8) is 0 Å². The number of ether oxygens (including phenoxy) is 2. The first kappa shape index (κ1) is 19.3. The highest BCUT2D eigenvalue weighted by molar-refractivity contribution is 7.89. The van der Waals surface area contributed by atoms with Crippen molar-refractivity contribution in [1.82, 2.24) is 14.4 Å². The van der Waals surface area contributed by atoms with Crippen LogP contribution in [0, 0.1) is 0 Å². The highest BCUT2D eigenvalue weighted by Crippen LogP contribution is 2.36. The maximum Gasteiger partial charge on any atom is 0.243 e. The van der Waals surface area contributed by atoms with Gasteiger partial charge in [-0.2, -0.15) is 9.29 Å². The van der Waals surface area contributed by atoms with Gasteiger partial charge in [-0.05, 0) is 29.8 Å². The van der Waals surface area contributed by atoms with E-state index in [1.54, 1.807) is 6.07 Å². The zero-order chi connectivity index (χ0) is 20.7. The lowest BCUT2D eigenvalue weighted by molar-refractivity contribution is 0.171. The lowest BCUT2D eigenvalue weighted by atomic mass is 10.0. The number of aromatic nitrogens is 2. The smallest absolute Gasteiger partial charge is 0.243 e. The van der Waals surface area contributed by atoms with Crippen LogP contribution in [0.5, 0.6) is 11.5 Å². The van der Waals surface area contributed by atoms with Gasteiger partial charge < -0.3 is 14.0 Å². The third-order valence-electron chi connectivity index (χ3n) is 5.11. The highest BCUT2D eigenvalue weighted by atomic mass is 35.5. The van der Waals surface area contributed by atoms with E-state index in [1.165, 1.54) is 16.4 Å². The van der Waals surface area contributed by atoms with Gasteiger partial charge in [0.1, 0.15) is 13.2 Å². The summed E-state index contributed by atoms with van der Waals surface area (Å²) in [6.45, 7) is 1.44. The molecular formula is C20H18ClN3O5S. The quantitative estimate of drug-likeness (QED) is 0.593. The Morgan fingerprint density at radius 1 is 1.03 bits per heavy atom. The van der Waals surface area contributed by atoms with Crippen molar-refractivity contribution < 1.29 is 22.4 Å². The zero-order valence-corrected chi connectivity index (χ0v) is 17.4. The fourth-order valence-corrected chi connectivity index (χ4v) is 5.09. The van der Waals surface area contributed by atoms with E-state index in [0.717, 1.165) is 5.56 Å². The maximum absolute atomic E-state index is 12.9. The molecule has 0 N–H and O–H groups in total. The second-order valence-corrected chi connectivity index (χ2v) is 9.55. The predicted octanol–water partition coefficient (Wildman–Crippen LogP) is 2.87. The van der Waals surface area contributed by atoms with Crippen LogP contribution in [0.3, 0.4) is 0 Å². The van der Waals surface area contributed by atoms with Crippen LogP contribution in [0.15, 0.2) is 51.9 Å². The number of hydrogen-bond donors (Lipinski definition) is 0. The van der Waals surface area contributed by atoms with Gasteiger partial charge in [-0.3, -0.25) is 0 Å². The van der Waals surface area contributed by atoms with Gasteiger partial charge in [0.25, 0.3) is 0 Å². The molecule has 30 heavy (non-hydrogen) atoms. The summed E-state index contributed by atoms with van der Waals surface area (Å²) in [5, 5.41) is 4.68. The van der Waals surface area contributed by atoms with Gasteiger partial charge in [0.05, 0.1) is 10.8 Å². The van der Waals surface area contributed by atoms with Gasteiger partial charge in [-0.15, -0.1) is 0 Å². The first-order valence-corrected chi connectivity index (χ1v) is 11.3. The Morgan fingerprint density at radius 3 is 2.53 bits per heavy atom. The summed E-state index contributed by atoms with van der Waals surface area (Å²) in [4.78, 5) is 4.61. The van der Waals surface area contributed by atoms with Crippen molar-refractivity contribution in [1.29, 1.82) is 0 Å². The summed E-state index contributed by atoms with van der Waals surface area (Å²) in [6.07, 6.45) is 0.520. The van der Waals surface area contributed by atoms with E-state index >= 15 is 0 Å². The molecule has 0 bridgehead atoms. The number of sulfonamides is 1. The fourth-order valence-electron chi connectivity index (χ4n) is 3.41. The minimum Gasteiger partial charge on any atom is -0.486 e. The lowest BCUT2D eigenvalue weighted by Crippen LogP contribution is -2.48. The predicted molar refractivity (Wildman–Crippen MR) is 107 cm³/mol. The van der Waals surface area contributed by atoms with Crippen LogP contribution in [0.1, 0.15) is 23.2 Å². The molecule has 5 rings (SSSR count). The van der Waals surface area contributed by atoms with E-state index in [0.29, 0.717) is 61.0 Å². The van der Waals surface area contributed by atoms with Crippen molar-refractivity contribution >= 4 is 21.6 Å². The molecule has 3 heterocycles. The van der Waals surface area contributed by atoms with E-state index < -0.39 is 10.0 Å². The third-order valence-corrected chi connectivity index (χ3v) is 7.19. The second-order valence-electron chi connectivity index (χ2n) is 7.18. The molecule has 0 spiro atoms. The summed E-state index contributed by atoms with van der Waals surface area (Å²) in [7, 11) is -3.63. The maximum atomic E-state index is 12.9. The molecule has 156 valence electrons. The average Bonchev–Trinajstić information content (AvgIpc) is 3.16. The molecule has 1 aromatic heterocycles. The number of fused-ring (bicyclic) bond motifs is 1. The van der Waals surface area contributed by atoms with Crippen LogP contribution in [0.4, 0.5) is 0 Å². The molecule has 3 aromatic rings. The Morgan fingerprint density at radius 2 is 1.77 bits per heavy atom. The average molecular weight is 448 g/mol. The van der Waals surface area contributed by atoms with E-state index in [9.17, 15) is 8.42 Å². The van der Waals surface area contributed by atoms with Crippen LogP contribution >= 0.6 is 11.6 Å². The normalized spacial score (nSPS) is 17.0. The van der Waals surface area contributed by atoms with Crippen molar-refractivity contribution in [3.05, 3.63) is 64.8 Å². The SMILES string of the molecule is O=S(=O)(c1ccc2c(c1)OCCO2)N1CC(c2nc(Cc3ccc(Cl)cc3)no2)C1. The lowest BCUT2D eigenvalue weighted by Gasteiger charge is -2.35. The first-order chi connectivity index (χ1) is 14.5. The van der Waals surface area contributed by atoms with E-state index in [1.807, 2.05) is 24.3 Å². The molecule has 1 saturated heterocycles. The first-order valence-electron chi connectivity index (χ1n) is 9.46. The molecule has 0 unspecified atom stereocenters. The zero-order valence-electron chi connectivity index (χ0n) is 15.8. The molecule has 0 radical (unpaired) electrons. The Labute approximate surface area is 178 Å². The van der Waals surface area contributed by atoms with Gasteiger partial charge in [0.2, 0.25) is 15.9 Å². The van der Waals surface area contributed by atoms with E-state index in [4.69, 9.17) is 25.6 Å². The Balaban J connectivity index is 1.25. The molecule has 0 aliphatic carbocycles. The topological polar surface area (TPSA) is 94.8 Å². The van der Waals surface area contributed by atoms with Crippen LogP contribution in [-0.2, 0) is 16.4 Å². The van der Waals surface area contributed by atoms with Crippen molar-refractivity contribution in [2.75, 3.05) is 26.3 Å². The third kappa shape index (κ3) is 3.64. The molecular weight excluding hydrogens is 430 g/mol. The standard InChI is InChI=1S/C20H18ClN3O5S/c21-15-3-1-13(2-4-15)9-19-22-20(29-23-19)14-11-24(12-14)30(25,26)16-5-6-17-18(10-16)28-8-7-27-17/h1-6,10,14H,7-9,11-12H2. The monoisotopic (exact) mass is 447 g/mol. The summed E-state index contributed by atoms with van der Waals surface area (Å²) in [5.41, 5.74) is 1.02. The second kappa shape index (κ2) is 7.57. The number of hydrogen-bond acceptors (Lipinski definition) is 7. The number of rotatable bonds is 5. The molecule has 0 atom stereocenters. The number of benzene rings is 2. The van der Waals surface area contributed by atoms with Gasteiger partial charge >= 0.3 is 0 Å². The van der Waals surface area contributed by atoms with Gasteiger partial charge in [0.15, 0.2) is 17.3 Å². The minimum atomic E-state index is -3.63. The van der Waals surface area contributed by atoms with Crippen molar-refractivity contribution in [2.24, 2.45) is 0 Å². The van der Waals surface area contributed by atoms with Gasteiger partial charge in [-0.25, -0.2) is 8.42 Å². The van der Waals surface area contributed by atoms with Crippen molar-refractivity contribution in [2.45, 2.75) is 17.2 Å². The van der Waals surface area contributed by atoms with Crippen LogP contribution in [0.2, 0.25) is 5.02 Å². The van der Waals surface area contributed by atoms with Crippen molar-refractivity contribution in [3.8, 4) is 11.5 Å². The summed E-state index contributed by atoms with van der Waals surface area (Å²) < 4.78 is 43.5. The fraction of sp³-hybridized carbons (Fsp3) is 0.300. The van der Waals surface area contributed by atoms with Crippen LogP contribution in [0.25, 0.3) is 0 Å². The summed E-state index contributed by atoms with van der Waals surface area (Å²) in [6, 6.07) is 12.1. The molecule has 0 saturated carbocycles. The van der Waals surface area contributed by atoms with Gasteiger partial charge in [0, 0.05) is 30.6 Å². The molecule has 8 nitrogen and oxygen atoms in total. The molecule has 10 heteroatoms. The van der Waals surface area contributed by atoms with Crippen LogP contribution in [-0.4, -0.2) is 49.2 Å². The molecule has 2 aliphatic heterocycles. The molecule has 1 fully saturated rings. The highest BCUT2D eigenvalue weighted by Gasteiger charge is 2.40. The summed E-state index contributed by atoms with van der Waals surface area (Å²) in [5.74, 6) is 1.89. The number of nitrogens with zero attached hydrogens (tertiary/aromatic N) is 3. The Bertz CT molecular complexity index is 1170. The van der Waals surface area contributed by atoms with Crippen LogP contribution < -0.4 is 9.47 Å². The largest absolute Gasteiger partial charge is 0.486 e. The molecule has 2 aliphatic rings. The minimum absolute atomic E-state index is 0.122. The Hall–Kier alpha value is -2.62. The Kier molecular flexibility index (Phi) is 4.88. The molecule has 2 aromatic carbocycles.